The van der Waals surface area contributed by atoms with E-state index in [1.54, 1.807) is 14.2 Å². The Hall–Kier alpha value is -2.61. The number of nitrogens with zero attached hydrogens (tertiary/aromatic N) is 3. The van der Waals surface area contributed by atoms with E-state index in [1.807, 2.05) is 25.1 Å². The Labute approximate surface area is 154 Å². The number of ether oxygens (including phenoxy) is 1. The van der Waals surface area contributed by atoms with Gasteiger partial charge in [0, 0.05) is 33.8 Å². The molecule has 0 saturated heterocycles. The van der Waals surface area contributed by atoms with Gasteiger partial charge in [-0.2, -0.15) is 0 Å². The third kappa shape index (κ3) is 5.73. The van der Waals surface area contributed by atoms with Crippen LogP contribution in [0.15, 0.2) is 29.3 Å². The van der Waals surface area contributed by atoms with Gasteiger partial charge >= 0.3 is 0 Å². The van der Waals surface area contributed by atoms with E-state index in [1.165, 1.54) is 0 Å². The minimum atomic E-state index is -0.0921. The van der Waals surface area contributed by atoms with Gasteiger partial charge in [-0.05, 0) is 25.5 Å². The van der Waals surface area contributed by atoms with Crippen molar-refractivity contribution < 1.29 is 9.53 Å². The molecule has 0 unspecified atom stereocenters. The molecular formula is C18H28N6O2. The number of aryl methyl sites for hydroxylation is 2. The molecule has 142 valence electrons. The lowest BCUT2D eigenvalue weighted by Gasteiger charge is -2.12. The van der Waals surface area contributed by atoms with E-state index in [-0.39, 0.29) is 12.5 Å². The Morgan fingerprint density at radius 2 is 2.04 bits per heavy atom. The first kappa shape index (κ1) is 19.7. The summed E-state index contributed by atoms with van der Waals surface area (Å²) in [6, 6.07) is 8.15. The largest absolute Gasteiger partial charge is 0.383 e. The standard InChI is InChI=1S/C18H28N6O2/c1-14-23-15-7-4-5-8-16(15)24(14)11-6-9-21-18(19-2)22-13-17(25)20-10-12-26-3/h4-5,7-8H,6,9-13H2,1-3H3,(H,20,25)(H2,19,21,22). The maximum Gasteiger partial charge on any atom is 0.239 e. The van der Waals surface area contributed by atoms with Crippen molar-refractivity contribution in [3.8, 4) is 0 Å². The number of nitrogens with one attached hydrogen (secondary N) is 3. The monoisotopic (exact) mass is 360 g/mol. The average Bonchev–Trinajstić information content (AvgIpc) is 2.96. The molecule has 8 heteroatoms. The maximum absolute atomic E-state index is 11.7. The van der Waals surface area contributed by atoms with Crippen molar-refractivity contribution in [1.29, 1.82) is 0 Å². The van der Waals surface area contributed by atoms with E-state index >= 15 is 0 Å². The second kappa shape index (κ2) is 10.4. The molecule has 0 fully saturated rings. The number of hydrogen-bond donors (Lipinski definition) is 3. The lowest BCUT2D eigenvalue weighted by atomic mass is 10.3. The van der Waals surface area contributed by atoms with Gasteiger partial charge in [0.2, 0.25) is 5.91 Å². The van der Waals surface area contributed by atoms with Crippen LogP contribution < -0.4 is 16.0 Å². The molecule has 0 saturated carbocycles. The first-order valence-corrected chi connectivity index (χ1v) is 8.77. The molecule has 2 aromatic rings. The quantitative estimate of drug-likeness (QED) is 0.347. The van der Waals surface area contributed by atoms with Crippen LogP contribution in [0.4, 0.5) is 0 Å². The molecule has 1 heterocycles. The fourth-order valence-electron chi connectivity index (χ4n) is 2.66. The first-order valence-electron chi connectivity index (χ1n) is 8.77. The molecular weight excluding hydrogens is 332 g/mol. The Morgan fingerprint density at radius 3 is 2.81 bits per heavy atom. The van der Waals surface area contributed by atoms with E-state index in [2.05, 4.69) is 36.6 Å². The van der Waals surface area contributed by atoms with Gasteiger partial charge < -0.3 is 25.3 Å². The highest BCUT2D eigenvalue weighted by atomic mass is 16.5. The summed E-state index contributed by atoms with van der Waals surface area (Å²) in [5, 5.41) is 8.97. The lowest BCUT2D eigenvalue weighted by molar-refractivity contribution is -0.120. The fraction of sp³-hybridized carbons (Fsp3) is 0.500. The van der Waals surface area contributed by atoms with Crippen molar-refractivity contribution in [2.45, 2.75) is 19.9 Å². The Kier molecular flexibility index (Phi) is 7.88. The van der Waals surface area contributed by atoms with Gasteiger partial charge in [0.15, 0.2) is 5.96 Å². The van der Waals surface area contributed by atoms with Crippen LogP contribution in [-0.4, -0.2) is 61.8 Å². The number of fused-ring (bicyclic) bond motifs is 1. The van der Waals surface area contributed by atoms with Crippen LogP contribution in [-0.2, 0) is 16.1 Å². The molecule has 0 aliphatic heterocycles. The Balaban J connectivity index is 1.72. The van der Waals surface area contributed by atoms with E-state index in [0.717, 1.165) is 36.4 Å². The van der Waals surface area contributed by atoms with Gasteiger partial charge in [-0.25, -0.2) is 4.98 Å². The topological polar surface area (TPSA) is 92.6 Å². The molecule has 1 amide bonds. The summed E-state index contributed by atoms with van der Waals surface area (Å²) < 4.78 is 7.11. The van der Waals surface area contributed by atoms with E-state index < -0.39 is 0 Å². The number of aliphatic imine (C=N–C) groups is 1. The minimum Gasteiger partial charge on any atom is -0.383 e. The van der Waals surface area contributed by atoms with Crippen LogP contribution in [0.3, 0.4) is 0 Å². The van der Waals surface area contributed by atoms with Crippen LogP contribution in [0.1, 0.15) is 12.2 Å². The molecule has 0 aliphatic carbocycles. The second-order valence-electron chi connectivity index (χ2n) is 5.85. The summed E-state index contributed by atoms with van der Waals surface area (Å²) in [7, 11) is 3.29. The minimum absolute atomic E-state index is 0.0921. The molecule has 1 aromatic carbocycles. The highest BCUT2D eigenvalue weighted by molar-refractivity contribution is 5.86. The number of methoxy groups -OCH3 is 1. The molecule has 26 heavy (non-hydrogen) atoms. The van der Waals surface area contributed by atoms with E-state index in [4.69, 9.17) is 4.74 Å². The summed E-state index contributed by atoms with van der Waals surface area (Å²) in [4.78, 5) is 20.4. The predicted octanol–water partition coefficient (Wildman–Crippen LogP) is 0.662. The Bertz CT molecular complexity index is 740. The van der Waals surface area contributed by atoms with Crippen molar-refractivity contribution in [2.24, 2.45) is 4.99 Å². The van der Waals surface area contributed by atoms with Crippen molar-refractivity contribution in [2.75, 3.05) is 40.4 Å². The van der Waals surface area contributed by atoms with E-state index in [0.29, 0.717) is 19.1 Å². The van der Waals surface area contributed by atoms with Gasteiger partial charge in [0.05, 0.1) is 24.2 Å². The van der Waals surface area contributed by atoms with Crippen LogP contribution in [0.2, 0.25) is 0 Å². The normalized spacial score (nSPS) is 11.6. The molecule has 8 nitrogen and oxygen atoms in total. The maximum atomic E-state index is 11.7. The highest BCUT2D eigenvalue weighted by Gasteiger charge is 2.06. The van der Waals surface area contributed by atoms with Gasteiger partial charge in [-0.15, -0.1) is 0 Å². The number of rotatable bonds is 9. The van der Waals surface area contributed by atoms with Crippen LogP contribution in [0.25, 0.3) is 11.0 Å². The van der Waals surface area contributed by atoms with Crippen LogP contribution in [0.5, 0.6) is 0 Å². The number of guanidine groups is 1. The molecule has 2 rings (SSSR count). The van der Waals surface area contributed by atoms with E-state index in [9.17, 15) is 4.79 Å². The summed E-state index contributed by atoms with van der Waals surface area (Å²) >= 11 is 0. The number of aromatic nitrogens is 2. The number of amides is 1. The Morgan fingerprint density at radius 1 is 1.23 bits per heavy atom. The van der Waals surface area contributed by atoms with Crippen molar-refractivity contribution in [3.05, 3.63) is 30.1 Å². The summed E-state index contributed by atoms with van der Waals surface area (Å²) in [5.41, 5.74) is 2.18. The number of carbonyl (C=O) groups is 1. The van der Waals surface area contributed by atoms with Crippen LogP contribution >= 0.6 is 0 Å². The molecule has 3 N–H and O–H groups in total. The van der Waals surface area contributed by atoms with Crippen molar-refractivity contribution in [1.82, 2.24) is 25.5 Å². The molecule has 1 aromatic heterocycles. The zero-order valence-electron chi connectivity index (χ0n) is 15.7. The smallest absolute Gasteiger partial charge is 0.239 e. The SMILES string of the molecule is CN=C(NCCCn1c(C)nc2ccccc21)NCC(=O)NCCOC. The van der Waals surface area contributed by atoms with Gasteiger partial charge in [-0.1, -0.05) is 12.1 Å². The number of carbonyl (C=O) groups excluding carboxylic acids is 1. The molecule has 0 aliphatic rings. The lowest BCUT2D eigenvalue weighted by Crippen LogP contribution is -2.44. The number of para-hydroxylation sites is 2. The number of benzene rings is 1. The first-order chi connectivity index (χ1) is 12.7. The third-order valence-electron chi connectivity index (χ3n) is 3.96. The summed E-state index contributed by atoms with van der Waals surface area (Å²) in [6.45, 7) is 4.82. The summed E-state index contributed by atoms with van der Waals surface area (Å²) in [5.74, 6) is 1.53. The second-order valence-corrected chi connectivity index (χ2v) is 5.85. The van der Waals surface area contributed by atoms with Gasteiger partial charge in [0.1, 0.15) is 5.82 Å². The van der Waals surface area contributed by atoms with Gasteiger partial charge in [0.25, 0.3) is 0 Å². The van der Waals surface area contributed by atoms with Crippen molar-refractivity contribution >= 4 is 22.9 Å². The number of imidazole rings is 1. The third-order valence-corrected chi connectivity index (χ3v) is 3.96. The van der Waals surface area contributed by atoms with Crippen LogP contribution in [0, 0.1) is 6.92 Å². The fourth-order valence-corrected chi connectivity index (χ4v) is 2.66. The summed E-state index contributed by atoms with van der Waals surface area (Å²) in [6.07, 6.45) is 0.919. The zero-order chi connectivity index (χ0) is 18.8. The zero-order valence-corrected chi connectivity index (χ0v) is 15.7. The molecule has 0 spiro atoms. The predicted molar refractivity (Wildman–Crippen MR) is 103 cm³/mol. The molecule has 0 bridgehead atoms. The number of hydrogen-bond acceptors (Lipinski definition) is 4. The highest BCUT2D eigenvalue weighted by Crippen LogP contribution is 2.15. The van der Waals surface area contributed by atoms with Gasteiger partial charge in [-0.3, -0.25) is 9.79 Å². The molecule has 0 radical (unpaired) electrons. The van der Waals surface area contributed by atoms with Crippen molar-refractivity contribution in [3.63, 3.8) is 0 Å². The molecule has 0 atom stereocenters. The average molecular weight is 360 g/mol.